The van der Waals surface area contributed by atoms with E-state index in [-0.39, 0.29) is 5.91 Å². The van der Waals surface area contributed by atoms with Crippen molar-refractivity contribution in [3.63, 3.8) is 0 Å². The number of hydrogen-bond acceptors (Lipinski definition) is 4. The second-order valence-electron chi connectivity index (χ2n) is 4.52. The monoisotopic (exact) mass is 227 g/mol. The van der Waals surface area contributed by atoms with Gasteiger partial charge in [0, 0.05) is 38.8 Å². The summed E-state index contributed by atoms with van der Waals surface area (Å²) in [6.07, 6.45) is 0. The lowest BCUT2D eigenvalue weighted by Crippen LogP contribution is -2.54. The van der Waals surface area contributed by atoms with E-state index in [1.165, 1.54) is 0 Å². The van der Waals surface area contributed by atoms with E-state index in [1.54, 1.807) is 0 Å². The molecule has 0 spiro atoms. The summed E-state index contributed by atoms with van der Waals surface area (Å²) in [6, 6.07) is 0.457. The standard InChI is InChI=1S/C11H21N3O2/c1-10-8-12-2-3-14(10)9-11(15)13-4-6-16-7-5-13/h10,12H,2-9H2,1H3/t10-/m1/s1. The second kappa shape index (κ2) is 5.61. The third kappa shape index (κ3) is 2.93. The van der Waals surface area contributed by atoms with Gasteiger partial charge >= 0.3 is 0 Å². The number of nitrogens with zero attached hydrogens (tertiary/aromatic N) is 2. The van der Waals surface area contributed by atoms with E-state index in [2.05, 4.69) is 17.1 Å². The SMILES string of the molecule is C[C@@H]1CNCCN1CC(=O)N1CCOCC1. The zero-order valence-corrected chi connectivity index (χ0v) is 9.95. The summed E-state index contributed by atoms with van der Waals surface area (Å²) in [5.74, 6) is 0.247. The molecule has 0 bridgehead atoms. The predicted molar refractivity (Wildman–Crippen MR) is 61.3 cm³/mol. The first kappa shape index (κ1) is 11.8. The van der Waals surface area contributed by atoms with Crippen molar-refractivity contribution >= 4 is 5.91 Å². The number of amides is 1. The number of morpholine rings is 1. The van der Waals surface area contributed by atoms with Crippen LogP contribution in [-0.4, -0.2) is 74.2 Å². The fraction of sp³-hybridized carbons (Fsp3) is 0.909. The van der Waals surface area contributed by atoms with Gasteiger partial charge in [0.1, 0.15) is 0 Å². The van der Waals surface area contributed by atoms with E-state index in [1.807, 2.05) is 4.90 Å². The average Bonchev–Trinajstić information content (AvgIpc) is 2.33. The minimum atomic E-state index is 0.247. The van der Waals surface area contributed by atoms with Gasteiger partial charge in [-0.1, -0.05) is 0 Å². The molecule has 0 radical (unpaired) electrons. The number of nitrogens with one attached hydrogen (secondary N) is 1. The van der Waals surface area contributed by atoms with E-state index in [9.17, 15) is 4.79 Å². The molecule has 2 aliphatic rings. The Kier molecular flexibility index (Phi) is 4.15. The van der Waals surface area contributed by atoms with E-state index >= 15 is 0 Å². The molecule has 1 amide bonds. The maximum Gasteiger partial charge on any atom is 0.236 e. The van der Waals surface area contributed by atoms with Crippen LogP contribution in [0.3, 0.4) is 0 Å². The Bertz CT molecular complexity index is 241. The summed E-state index contributed by atoms with van der Waals surface area (Å²) in [5, 5.41) is 3.33. The van der Waals surface area contributed by atoms with Crippen LogP contribution < -0.4 is 5.32 Å². The van der Waals surface area contributed by atoms with Crippen LogP contribution in [0.15, 0.2) is 0 Å². The van der Waals surface area contributed by atoms with Crippen molar-refractivity contribution in [3.8, 4) is 0 Å². The zero-order valence-electron chi connectivity index (χ0n) is 9.95. The van der Waals surface area contributed by atoms with Crippen molar-refractivity contribution < 1.29 is 9.53 Å². The van der Waals surface area contributed by atoms with Gasteiger partial charge in [-0.2, -0.15) is 0 Å². The lowest BCUT2D eigenvalue weighted by atomic mass is 10.2. The molecule has 2 fully saturated rings. The van der Waals surface area contributed by atoms with Gasteiger partial charge in [-0.05, 0) is 6.92 Å². The number of rotatable bonds is 2. The predicted octanol–water partition coefficient (Wildman–Crippen LogP) is -0.861. The summed E-state index contributed by atoms with van der Waals surface area (Å²) in [6.45, 7) is 8.53. The minimum absolute atomic E-state index is 0.247. The van der Waals surface area contributed by atoms with Crippen molar-refractivity contribution in [2.45, 2.75) is 13.0 Å². The number of carbonyl (C=O) groups excluding carboxylic acids is 1. The first-order valence-corrected chi connectivity index (χ1v) is 6.07. The van der Waals surface area contributed by atoms with Crippen LogP contribution in [0.4, 0.5) is 0 Å². The van der Waals surface area contributed by atoms with E-state index in [4.69, 9.17) is 4.74 Å². The lowest BCUT2D eigenvalue weighted by molar-refractivity contribution is -0.137. The van der Waals surface area contributed by atoms with Crippen molar-refractivity contribution in [3.05, 3.63) is 0 Å². The minimum Gasteiger partial charge on any atom is -0.378 e. The largest absolute Gasteiger partial charge is 0.378 e. The van der Waals surface area contributed by atoms with Gasteiger partial charge in [0.25, 0.3) is 0 Å². The first-order chi connectivity index (χ1) is 7.77. The molecule has 0 saturated carbocycles. The van der Waals surface area contributed by atoms with Crippen LogP contribution in [0, 0.1) is 0 Å². The molecule has 5 nitrogen and oxygen atoms in total. The highest BCUT2D eigenvalue weighted by Gasteiger charge is 2.23. The lowest BCUT2D eigenvalue weighted by Gasteiger charge is -2.35. The highest BCUT2D eigenvalue weighted by atomic mass is 16.5. The number of hydrogen-bond donors (Lipinski definition) is 1. The summed E-state index contributed by atoms with van der Waals surface area (Å²) in [7, 11) is 0. The van der Waals surface area contributed by atoms with Crippen LogP contribution in [0.2, 0.25) is 0 Å². The normalized spacial score (nSPS) is 28.1. The van der Waals surface area contributed by atoms with E-state index < -0.39 is 0 Å². The molecule has 0 aliphatic carbocycles. The fourth-order valence-corrected chi connectivity index (χ4v) is 2.20. The Labute approximate surface area is 96.7 Å². The summed E-state index contributed by atoms with van der Waals surface area (Å²) < 4.78 is 5.24. The summed E-state index contributed by atoms with van der Waals surface area (Å²) in [4.78, 5) is 16.2. The molecule has 16 heavy (non-hydrogen) atoms. The number of carbonyl (C=O) groups is 1. The van der Waals surface area contributed by atoms with Gasteiger partial charge in [0.2, 0.25) is 5.91 Å². The topological polar surface area (TPSA) is 44.8 Å². The molecule has 0 aromatic carbocycles. The van der Waals surface area contributed by atoms with Gasteiger partial charge in [-0.25, -0.2) is 0 Å². The Morgan fingerprint density at radius 1 is 1.38 bits per heavy atom. The molecule has 1 N–H and O–H groups in total. The maximum absolute atomic E-state index is 12.0. The van der Waals surface area contributed by atoms with Crippen LogP contribution in [0.25, 0.3) is 0 Å². The van der Waals surface area contributed by atoms with Crippen LogP contribution in [0.5, 0.6) is 0 Å². The maximum atomic E-state index is 12.0. The van der Waals surface area contributed by atoms with Crippen LogP contribution >= 0.6 is 0 Å². The van der Waals surface area contributed by atoms with Gasteiger partial charge in [0.15, 0.2) is 0 Å². The highest BCUT2D eigenvalue weighted by molar-refractivity contribution is 5.78. The quantitative estimate of drug-likeness (QED) is 0.667. The number of piperazine rings is 1. The van der Waals surface area contributed by atoms with Crippen LogP contribution in [-0.2, 0) is 9.53 Å². The summed E-state index contributed by atoms with van der Waals surface area (Å²) in [5.41, 5.74) is 0. The molecule has 92 valence electrons. The molecule has 5 heteroatoms. The van der Waals surface area contributed by atoms with Crippen molar-refractivity contribution in [1.29, 1.82) is 0 Å². The Balaban J connectivity index is 1.80. The first-order valence-electron chi connectivity index (χ1n) is 6.07. The highest BCUT2D eigenvalue weighted by Crippen LogP contribution is 2.04. The molecule has 1 atom stereocenters. The molecular formula is C11H21N3O2. The molecule has 2 rings (SSSR count). The van der Waals surface area contributed by atoms with Crippen molar-refractivity contribution in [2.75, 3.05) is 52.5 Å². The molecule has 0 unspecified atom stereocenters. The molecule has 2 aliphatic heterocycles. The van der Waals surface area contributed by atoms with Gasteiger partial charge in [0.05, 0.1) is 19.8 Å². The molecule has 0 aromatic heterocycles. The van der Waals surface area contributed by atoms with Gasteiger partial charge < -0.3 is 15.0 Å². The Morgan fingerprint density at radius 3 is 2.81 bits per heavy atom. The smallest absolute Gasteiger partial charge is 0.236 e. The van der Waals surface area contributed by atoms with E-state index in [0.29, 0.717) is 25.8 Å². The second-order valence-corrected chi connectivity index (χ2v) is 4.52. The fourth-order valence-electron chi connectivity index (χ4n) is 2.20. The molecule has 2 heterocycles. The van der Waals surface area contributed by atoms with E-state index in [0.717, 1.165) is 32.7 Å². The zero-order chi connectivity index (χ0) is 11.4. The van der Waals surface area contributed by atoms with Gasteiger partial charge in [-0.3, -0.25) is 9.69 Å². The Morgan fingerprint density at radius 2 is 2.12 bits per heavy atom. The molecular weight excluding hydrogens is 206 g/mol. The van der Waals surface area contributed by atoms with Crippen molar-refractivity contribution in [2.24, 2.45) is 0 Å². The number of ether oxygens (including phenoxy) is 1. The Hall–Kier alpha value is -0.650. The van der Waals surface area contributed by atoms with Crippen molar-refractivity contribution in [1.82, 2.24) is 15.1 Å². The molecule has 0 aromatic rings. The van der Waals surface area contributed by atoms with Crippen LogP contribution in [0.1, 0.15) is 6.92 Å². The average molecular weight is 227 g/mol. The third-order valence-corrected chi connectivity index (χ3v) is 3.34. The van der Waals surface area contributed by atoms with Gasteiger partial charge in [-0.15, -0.1) is 0 Å². The summed E-state index contributed by atoms with van der Waals surface area (Å²) >= 11 is 0. The molecule has 2 saturated heterocycles. The third-order valence-electron chi connectivity index (χ3n) is 3.34.